The van der Waals surface area contributed by atoms with Gasteiger partial charge in [-0.05, 0) is 48.0 Å². The summed E-state index contributed by atoms with van der Waals surface area (Å²) >= 11 is 2.34. The highest BCUT2D eigenvalue weighted by Crippen LogP contribution is 2.34. The van der Waals surface area contributed by atoms with E-state index >= 15 is 0 Å². The molecule has 42 heavy (non-hydrogen) atoms. The smallest absolute Gasteiger partial charge is 0.347 e. The maximum atomic E-state index is 13.4. The number of halogens is 6. The average molecular weight is 621 g/mol. The van der Waals surface area contributed by atoms with E-state index in [4.69, 9.17) is 0 Å². The van der Waals surface area contributed by atoms with Gasteiger partial charge in [0.2, 0.25) is 0 Å². The van der Waals surface area contributed by atoms with E-state index in [0.29, 0.717) is 21.6 Å². The number of carbonyl (C=O) groups excluding carboxylic acids is 1. The van der Waals surface area contributed by atoms with Crippen LogP contribution in [0.3, 0.4) is 0 Å². The van der Waals surface area contributed by atoms with Gasteiger partial charge in [0.15, 0.2) is 11.0 Å². The monoisotopic (exact) mass is 620 g/mol. The van der Waals surface area contributed by atoms with E-state index in [-0.39, 0.29) is 29.2 Å². The van der Waals surface area contributed by atoms with Gasteiger partial charge in [-0.1, -0.05) is 30.0 Å². The van der Waals surface area contributed by atoms with E-state index in [2.05, 4.69) is 25.5 Å². The zero-order valence-corrected chi connectivity index (χ0v) is 22.8. The van der Waals surface area contributed by atoms with E-state index in [1.165, 1.54) is 51.7 Å². The van der Waals surface area contributed by atoms with Crippen LogP contribution >= 0.6 is 23.1 Å². The van der Waals surface area contributed by atoms with Gasteiger partial charge in [-0.25, -0.2) is 4.98 Å². The summed E-state index contributed by atoms with van der Waals surface area (Å²) in [7, 11) is 0. The zero-order valence-electron chi connectivity index (χ0n) is 21.1. The molecule has 0 aliphatic carbocycles. The zero-order chi connectivity index (χ0) is 29.9. The van der Waals surface area contributed by atoms with Gasteiger partial charge in [0.05, 0.1) is 22.6 Å². The van der Waals surface area contributed by atoms with E-state index in [9.17, 15) is 31.1 Å². The third kappa shape index (κ3) is 6.79. The van der Waals surface area contributed by atoms with Crippen molar-refractivity contribution < 1.29 is 31.1 Å². The normalized spacial score (nSPS) is 12.0. The average Bonchev–Trinajstić information content (AvgIpc) is 3.62. The number of benzene rings is 2. The Kier molecular flexibility index (Phi) is 8.31. The Labute approximate surface area is 242 Å². The second-order valence-electron chi connectivity index (χ2n) is 8.73. The van der Waals surface area contributed by atoms with Crippen LogP contribution in [0.5, 0.6) is 0 Å². The van der Waals surface area contributed by atoms with Crippen molar-refractivity contribution in [3.8, 4) is 17.1 Å². The Morgan fingerprint density at radius 1 is 0.929 bits per heavy atom. The molecule has 0 saturated carbocycles. The molecule has 0 aliphatic rings. The van der Waals surface area contributed by atoms with Crippen LogP contribution in [0.25, 0.3) is 17.1 Å². The number of hydrogen-bond donors (Lipinski definition) is 1. The molecule has 0 bridgehead atoms. The third-order valence-corrected chi connectivity index (χ3v) is 7.77. The van der Waals surface area contributed by atoms with Crippen molar-refractivity contribution in [3.63, 3.8) is 0 Å². The van der Waals surface area contributed by atoms with Gasteiger partial charge in [0.1, 0.15) is 10.7 Å². The number of aromatic nitrogens is 5. The molecule has 0 aliphatic heterocycles. The number of nitrogens with one attached hydrogen (secondary N) is 1. The molecule has 216 valence electrons. The van der Waals surface area contributed by atoms with Crippen molar-refractivity contribution in [1.29, 1.82) is 0 Å². The molecule has 1 amide bonds. The van der Waals surface area contributed by atoms with Crippen LogP contribution in [0.1, 0.15) is 32.2 Å². The van der Waals surface area contributed by atoms with Gasteiger partial charge >= 0.3 is 12.4 Å². The summed E-state index contributed by atoms with van der Waals surface area (Å²) in [5.41, 5.74) is -0.539. The van der Waals surface area contributed by atoms with E-state index in [0.717, 1.165) is 36.0 Å². The van der Waals surface area contributed by atoms with Crippen molar-refractivity contribution in [3.05, 3.63) is 106 Å². The Bertz CT molecular complexity index is 1700. The topological polar surface area (TPSA) is 85.6 Å². The summed E-state index contributed by atoms with van der Waals surface area (Å²) in [4.78, 5) is 20.9. The maximum Gasteiger partial charge on any atom is 0.416 e. The highest BCUT2D eigenvalue weighted by atomic mass is 32.2. The van der Waals surface area contributed by atoms with Crippen LogP contribution in [0, 0.1) is 0 Å². The standard InChI is InChI=1S/C27H18F6N6OS2/c28-26(29,30)18-6-1-4-16(10-18)12-35-24(40)21-14-41-22(36-21)15-42-25-38-37-23(17-5-3-9-34-13-17)39(25)20-8-2-7-19(11-20)27(31,32)33/h1-11,13-14H,12,15H2,(H,35,40). The van der Waals surface area contributed by atoms with E-state index in [1.54, 1.807) is 18.3 Å². The number of pyridine rings is 1. The maximum absolute atomic E-state index is 13.4. The molecular formula is C27H18F6N6OS2. The number of amides is 1. The minimum absolute atomic E-state index is 0.0815. The van der Waals surface area contributed by atoms with Gasteiger partial charge in [-0.2, -0.15) is 26.3 Å². The fourth-order valence-electron chi connectivity index (χ4n) is 3.84. The Morgan fingerprint density at radius 2 is 1.67 bits per heavy atom. The SMILES string of the molecule is O=C(NCc1cccc(C(F)(F)F)c1)c1csc(CSc2nnc(-c3cccnc3)n2-c2cccc(C(F)(F)F)c2)n1. The second-order valence-corrected chi connectivity index (χ2v) is 10.6. The lowest BCUT2D eigenvalue weighted by atomic mass is 10.1. The second kappa shape index (κ2) is 11.9. The molecule has 15 heteroatoms. The quantitative estimate of drug-likeness (QED) is 0.148. The highest BCUT2D eigenvalue weighted by molar-refractivity contribution is 7.98. The van der Waals surface area contributed by atoms with Gasteiger partial charge in [0, 0.05) is 29.9 Å². The van der Waals surface area contributed by atoms with Crippen LogP contribution in [-0.2, 0) is 24.7 Å². The van der Waals surface area contributed by atoms with Gasteiger partial charge in [0.25, 0.3) is 5.91 Å². The predicted octanol–water partition coefficient (Wildman–Crippen LogP) is 7.05. The molecule has 2 aromatic carbocycles. The van der Waals surface area contributed by atoms with Crippen molar-refractivity contribution >= 4 is 29.0 Å². The van der Waals surface area contributed by atoms with Crippen LogP contribution in [0.2, 0.25) is 0 Å². The van der Waals surface area contributed by atoms with Crippen molar-refractivity contribution in [2.45, 2.75) is 29.8 Å². The number of thiazole rings is 1. The molecular weight excluding hydrogens is 602 g/mol. The fraction of sp³-hybridized carbons (Fsp3) is 0.148. The number of alkyl halides is 6. The summed E-state index contributed by atoms with van der Waals surface area (Å²) in [6.45, 7) is -0.123. The van der Waals surface area contributed by atoms with Crippen LogP contribution < -0.4 is 5.32 Å². The molecule has 0 radical (unpaired) electrons. The molecule has 0 saturated heterocycles. The van der Waals surface area contributed by atoms with E-state index < -0.39 is 29.4 Å². The van der Waals surface area contributed by atoms with E-state index in [1.807, 2.05) is 0 Å². The summed E-state index contributed by atoms with van der Waals surface area (Å²) in [5.74, 6) is -0.0555. The number of nitrogens with zero attached hydrogens (tertiary/aromatic N) is 5. The van der Waals surface area contributed by atoms with Gasteiger partial charge < -0.3 is 5.32 Å². The molecule has 0 fully saturated rings. The number of hydrogen-bond acceptors (Lipinski definition) is 7. The van der Waals surface area contributed by atoms with Crippen LogP contribution in [0.4, 0.5) is 26.3 Å². The molecule has 0 atom stereocenters. The van der Waals surface area contributed by atoms with Gasteiger partial charge in [-0.15, -0.1) is 21.5 Å². The molecule has 0 spiro atoms. The molecule has 5 rings (SSSR count). The molecule has 3 heterocycles. The van der Waals surface area contributed by atoms with Crippen molar-refractivity contribution in [1.82, 2.24) is 30.0 Å². The molecule has 5 aromatic rings. The van der Waals surface area contributed by atoms with Crippen molar-refractivity contribution in [2.24, 2.45) is 0 Å². The highest BCUT2D eigenvalue weighted by Gasteiger charge is 2.31. The van der Waals surface area contributed by atoms with Gasteiger partial charge in [-0.3, -0.25) is 14.3 Å². The first-order valence-electron chi connectivity index (χ1n) is 12.0. The lowest BCUT2D eigenvalue weighted by molar-refractivity contribution is -0.138. The van der Waals surface area contributed by atoms with Crippen molar-refractivity contribution in [2.75, 3.05) is 0 Å². The number of rotatable bonds is 8. The fourth-order valence-corrected chi connectivity index (χ4v) is 5.58. The van der Waals surface area contributed by atoms with Crippen LogP contribution in [-0.4, -0.2) is 30.6 Å². The third-order valence-electron chi connectivity index (χ3n) is 5.80. The Hall–Kier alpha value is -4.24. The summed E-state index contributed by atoms with van der Waals surface area (Å²) in [6.07, 6.45) is -5.97. The predicted molar refractivity (Wildman–Crippen MR) is 144 cm³/mol. The first-order chi connectivity index (χ1) is 20.0. The number of thioether (sulfide) groups is 1. The molecule has 7 nitrogen and oxygen atoms in total. The molecule has 1 N–H and O–H groups in total. The molecule has 0 unspecified atom stereocenters. The Balaban J connectivity index is 1.32. The summed E-state index contributed by atoms with van der Waals surface area (Å²) in [5, 5.41) is 13.3. The Morgan fingerprint density at radius 3 is 2.38 bits per heavy atom. The minimum Gasteiger partial charge on any atom is -0.347 e. The summed E-state index contributed by atoms with van der Waals surface area (Å²) in [6, 6.07) is 12.8. The first kappa shape index (κ1) is 29.3. The lowest BCUT2D eigenvalue weighted by Gasteiger charge is -2.13. The van der Waals surface area contributed by atoms with Crippen LogP contribution in [0.15, 0.2) is 83.6 Å². The lowest BCUT2D eigenvalue weighted by Crippen LogP contribution is -2.23. The minimum atomic E-state index is -4.55. The number of carbonyl (C=O) groups is 1. The largest absolute Gasteiger partial charge is 0.416 e. The molecule has 3 aromatic heterocycles. The summed E-state index contributed by atoms with van der Waals surface area (Å²) < 4.78 is 80.7. The first-order valence-corrected chi connectivity index (χ1v) is 13.9.